The maximum atomic E-state index is 12.5. The van der Waals surface area contributed by atoms with E-state index < -0.39 is 5.54 Å². The number of hydrogen-bond donors (Lipinski definition) is 2. The van der Waals surface area contributed by atoms with Crippen LogP contribution >= 0.6 is 0 Å². The Labute approximate surface area is 134 Å². The van der Waals surface area contributed by atoms with Gasteiger partial charge in [-0.2, -0.15) is 0 Å². The fraction of sp³-hybridized carbons (Fsp3) is 0.611. The van der Waals surface area contributed by atoms with Gasteiger partial charge >= 0.3 is 0 Å². The highest BCUT2D eigenvalue weighted by atomic mass is 16.2. The fourth-order valence-corrected chi connectivity index (χ4v) is 3.16. The second-order valence-corrected chi connectivity index (χ2v) is 6.82. The number of rotatable bonds is 5. The molecule has 1 saturated carbocycles. The van der Waals surface area contributed by atoms with Crippen LogP contribution in [-0.4, -0.2) is 37.0 Å². The number of carbonyl (C=O) groups excluding carboxylic acids is 1. The third-order valence-corrected chi connectivity index (χ3v) is 4.74. The topological polar surface area (TPSA) is 58.4 Å². The Hall–Kier alpha value is -1.39. The molecule has 0 radical (unpaired) electrons. The summed E-state index contributed by atoms with van der Waals surface area (Å²) in [7, 11) is 4.07. The largest absolute Gasteiger partial charge is 0.353 e. The van der Waals surface area contributed by atoms with Crippen LogP contribution in [-0.2, 0) is 4.79 Å². The highest BCUT2D eigenvalue weighted by Crippen LogP contribution is 2.26. The van der Waals surface area contributed by atoms with Crippen molar-refractivity contribution in [1.82, 2.24) is 10.2 Å². The number of nitrogens with two attached hydrogens (primary N) is 1. The van der Waals surface area contributed by atoms with E-state index in [9.17, 15) is 4.79 Å². The summed E-state index contributed by atoms with van der Waals surface area (Å²) in [5, 5.41) is 3.08. The predicted octanol–water partition coefficient (Wildman–Crippen LogP) is 2.38. The molecule has 1 aromatic carbocycles. The van der Waals surface area contributed by atoms with Crippen molar-refractivity contribution in [2.75, 3.05) is 20.6 Å². The van der Waals surface area contributed by atoms with E-state index in [1.165, 1.54) is 17.5 Å². The normalized spacial score (nSPS) is 19.0. The lowest BCUT2D eigenvalue weighted by Gasteiger charge is -2.33. The lowest BCUT2D eigenvalue weighted by molar-refractivity contribution is -0.127. The highest BCUT2D eigenvalue weighted by Gasteiger charge is 2.35. The second kappa shape index (κ2) is 7.25. The lowest BCUT2D eigenvalue weighted by atomic mass is 9.82. The van der Waals surface area contributed by atoms with Gasteiger partial charge in [-0.3, -0.25) is 4.79 Å². The van der Waals surface area contributed by atoms with Gasteiger partial charge in [-0.05, 0) is 39.4 Å². The van der Waals surface area contributed by atoms with Crippen LogP contribution in [0.15, 0.2) is 24.3 Å². The summed E-state index contributed by atoms with van der Waals surface area (Å²) in [5.74, 6) is 0.00571. The summed E-state index contributed by atoms with van der Waals surface area (Å²) < 4.78 is 0. The minimum Gasteiger partial charge on any atom is -0.353 e. The quantitative estimate of drug-likeness (QED) is 0.878. The molecule has 4 nitrogen and oxygen atoms in total. The van der Waals surface area contributed by atoms with Gasteiger partial charge in [0.1, 0.15) is 0 Å². The molecule has 122 valence electrons. The Morgan fingerprint density at radius 1 is 1.23 bits per heavy atom. The molecule has 1 fully saturated rings. The summed E-state index contributed by atoms with van der Waals surface area (Å²) in [6, 6.07) is 8.64. The SMILES string of the molecule is Cc1ccc(C(CNC(=O)C2(N)CCCCC2)N(C)C)cc1. The van der Waals surface area contributed by atoms with Crippen molar-refractivity contribution in [3.63, 3.8) is 0 Å². The number of aryl methyl sites for hydroxylation is 1. The van der Waals surface area contributed by atoms with Crippen LogP contribution in [0.2, 0.25) is 0 Å². The molecule has 4 heteroatoms. The standard InChI is InChI=1S/C18H29N3O/c1-14-7-9-15(10-8-14)16(21(2)3)13-20-17(22)18(19)11-5-4-6-12-18/h7-10,16H,4-6,11-13,19H2,1-3H3,(H,20,22). The maximum absolute atomic E-state index is 12.5. The van der Waals surface area contributed by atoms with Gasteiger partial charge in [0.05, 0.1) is 11.6 Å². The fourth-order valence-electron chi connectivity index (χ4n) is 3.16. The Morgan fingerprint density at radius 3 is 2.36 bits per heavy atom. The van der Waals surface area contributed by atoms with E-state index in [0.717, 1.165) is 25.7 Å². The van der Waals surface area contributed by atoms with Crippen molar-refractivity contribution < 1.29 is 4.79 Å². The van der Waals surface area contributed by atoms with Gasteiger partial charge in [-0.15, -0.1) is 0 Å². The average molecular weight is 303 g/mol. The smallest absolute Gasteiger partial charge is 0.240 e. The first-order valence-corrected chi connectivity index (χ1v) is 8.22. The van der Waals surface area contributed by atoms with E-state index in [2.05, 4.69) is 41.4 Å². The molecule has 0 aromatic heterocycles. The number of likely N-dealkylation sites (N-methyl/N-ethyl adjacent to an activating group) is 1. The molecule has 1 amide bonds. The Balaban J connectivity index is 2.00. The summed E-state index contributed by atoms with van der Waals surface area (Å²) in [5.41, 5.74) is 8.09. The van der Waals surface area contributed by atoms with Gasteiger partial charge in [0.15, 0.2) is 0 Å². The van der Waals surface area contributed by atoms with Gasteiger partial charge in [0.25, 0.3) is 0 Å². The monoisotopic (exact) mass is 303 g/mol. The van der Waals surface area contributed by atoms with Crippen molar-refractivity contribution in [1.29, 1.82) is 0 Å². The number of nitrogens with one attached hydrogen (secondary N) is 1. The van der Waals surface area contributed by atoms with E-state index >= 15 is 0 Å². The van der Waals surface area contributed by atoms with E-state index in [1.54, 1.807) is 0 Å². The van der Waals surface area contributed by atoms with E-state index in [4.69, 9.17) is 5.73 Å². The number of nitrogens with zero attached hydrogens (tertiary/aromatic N) is 1. The molecule has 0 heterocycles. The molecule has 0 bridgehead atoms. The van der Waals surface area contributed by atoms with E-state index in [0.29, 0.717) is 6.54 Å². The molecular formula is C18H29N3O. The minimum atomic E-state index is -0.664. The summed E-state index contributed by atoms with van der Waals surface area (Å²) in [4.78, 5) is 14.6. The predicted molar refractivity (Wildman–Crippen MR) is 90.6 cm³/mol. The Kier molecular flexibility index (Phi) is 5.59. The van der Waals surface area contributed by atoms with Gasteiger partial charge < -0.3 is 16.0 Å². The molecule has 1 aromatic rings. The molecule has 1 atom stereocenters. The van der Waals surface area contributed by atoms with Crippen molar-refractivity contribution in [2.45, 2.75) is 50.6 Å². The maximum Gasteiger partial charge on any atom is 0.240 e. The highest BCUT2D eigenvalue weighted by molar-refractivity contribution is 5.86. The second-order valence-electron chi connectivity index (χ2n) is 6.82. The molecule has 1 unspecified atom stereocenters. The number of amides is 1. The molecule has 1 aliphatic carbocycles. The number of hydrogen-bond acceptors (Lipinski definition) is 3. The average Bonchev–Trinajstić information content (AvgIpc) is 2.49. The van der Waals surface area contributed by atoms with Gasteiger partial charge in [-0.25, -0.2) is 0 Å². The Morgan fingerprint density at radius 2 is 1.82 bits per heavy atom. The van der Waals surface area contributed by atoms with Gasteiger partial charge in [0, 0.05) is 6.54 Å². The molecule has 0 saturated heterocycles. The number of benzene rings is 1. The zero-order valence-electron chi connectivity index (χ0n) is 14.1. The van der Waals surface area contributed by atoms with Crippen molar-refractivity contribution >= 4 is 5.91 Å². The first kappa shape index (κ1) is 17.0. The van der Waals surface area contributed by atoms with E-state index in [1.807, 2.05) is 14.1 Å². The van der Waals surface area contributed by atoms with Crippen LogP contribution < -0.4 is 11.1 Å². The molecule has 2 rings (SSSR count). The molecule has 0 spiro atoms. The van der Waals surface area contributed by atoms with Gasteiger partial charge in [0.2, 0.25) is 5.91 Å². The summed E-state index contributed by atoms with van der Waals surface area (Å²) in [6.07, 6.45) is 4.90. The van der Waals surface area contributed by atoms with Crippen LogP contribution in [0.3, 0.4) is 0 Å². The van der Waals surface area contributed by atoms with Crippen molar-refractivity contribution in [3.8, 4) is 0 Å². The zero-order valence-corrected chi connectivity index (χ0v) is 14.1. The molecule has 3 N–H and O–H groups in total. The van der Waals surface area contributed by atoms with Crippen LogP contribution in [0.25, 0.3) is 0 Å². The summed E-state index contributed by atoms with van der Waals surface area (Å²) in [6.45, 7) is 2.67. The molecular weight excluding hydrogens is 274 g/mol. The van der Waals surface area contributed by atoms with Crippen LogP contribution in [0.5, 0.6) is 0 Å². The van der Waals surface area contributed by atoms with Gasteiger partial charge in [-0.1, -0.05) is 49.1 Å². The minimum absolute atomic E-state index is 0.00571. The third kappa shape index (κ3) is 4.08. The molecule has 1 aliphatic rings. The molecule has 22 heavy (non-hydrogen) atoms. The van der Waals surface area contributed by atoms with Crippen LogP contribution in [0.4, 0.5) is 0 Å². The van der Waals surface area contributed by atoms with Crippen LogP contribution in [0.1, 0.15) is 49.3 Å². The third-order valence-electron chi connectivity index (χ3n) is 4.74. The number of carbonyl (C=O) groups is 1. The first-order chi connectivity index (χ1) is 10.4. The van der Waals surface area contributed by atoms with Crippen LogP contribution in [0, 0.1) is 6.92 Å². The van der Waals surface area contributed by atoms with E-state index in [-0.39, 0.29) is 11.9 Å². The zero-order chi connectivity index (χ0) is 16.2. The molecule has 0 aliphatic heterocycles. The Bertz CT molecular complexity index is 490. The van der Waals surface area contributed by atoms with Crippen molar-refractivity contribution in [3.05, 3.63) is 35.4 Å². The summed E-state index contributed by atoms with van der Waals surface area (Å²) >= 11 is 0. The lowest BCUT2D eigenvalue weighted by Crippen LogP contribution is -2.55. The van der Waals surface area contributed by atoms with Crippen molar-refractivity contribution in [2.24, 2.45) is 5.73 Å². The first-order valence-electron chi connectivity index (χ1n) is 8.22.